The van der Waals surface area contributed by atoms with Crippen LogP contribution in [-0.2, 0) is 12.8 Å². The van der Waals surface area contributed by atoms with Gasteiger partial charge < -0.3 is 9.47 Å². The molecule has 1 aromatic carbocycles. The molecule has 4 nitrogen and oxygen atoms in total. The summed E-state index contributed by atoms with van der Waals surface area (Å²) in [5.41, 5.74) is 2.87. The van der Waals surface area contributed by atoms with Crippen LogP contribution in [0.3, 0.4) is 0 Å². The van der Waals surface area contributed by atoms with Gasteiger partial charge in [-0.15, -0.1) is 0 Å². The van der Waals surface area contributed by atoms with E-state index in [1.807, 2.05) is 24.4 Å². The number of methoxy groups -OCH3 is 2. The maximum absolute atomic E-state index is 12.6. The van der Waals surface area contributed by atoms with Crippen LogP contribution in [0.1, 0.15) is 21.5 Å². The van der Waals surface area contributed by atoms with E-state index in [0.29, 0.717) is 17.9 Å². The molecule has 1 aliphatic carbocycles. The first-order valence-corrected chi connectivity index (χ1v) is 6.91. The Morgan fingerprint density at radius 3 is 2.67 bits per heavy atom. The van der Waals surface area contributed by atoms with Crippen LogP contribution in [0.25, 0.3) is 0 Å². The molecule has 108 valence electrons. The molecule has 0 saturated heterocycles. The molecule has 2 aromatic rings. The van der Waals surface area contributed by atoms with E-state index in [0.717, 1.165) is 23.1 Å². The summed E-state index contributed by atoms with van der Waals surface area (Å²) in [5, 5.41) is 0. The lowest BCUT2D eigenvalue weighted by Crippen LogP contribution is -2.12. The minimum Gasteiger partial charge on any atom is -0.493 e. The van der Waals surface area contributed by atoms with Crippen LogP contribution in [0.5, 0.6) is 11.5 Å². The third-order valence-corrected chi connectivity index (χ3v) is 3.92. The number of carbonyl (C=O) groups excluding carboxylic acids is 1. The third-order valence-electron chi connectivity index (χ3n) is 3.92. The molecule has 0 radical (unpaired) electrons. The van der Waals surface area contributed by atoms with Crippen LogP contribution in [0.15, 0.2) is 36.7 Å². The van der Waals surface area contributed by atoms with E-state index in [-0.39, 0.29) is 11.7 Å². The molecule has 0 amide bonds. The first kappa shape index (κ1) is 13.6. The average Bonchev–Trinajstić information content (AvgIpc) is 2.82. The number of pyridine rings is 1. The van der Waals surface area contributed by atoms with Crippen molar-refractivity contribution in [3.8, 4) is 11.5 Å². The van der Waals surface area contributed by atoms with E-state index in [2.05, 4.69) is 4.98 Å². The molecule has 0 bridgehead atoms. The zero-order valence-electron chi connectivity index (χ0n) is 12.1. The topological polar surface area (TPSA) is 48.4 Å². The molecular weight excluding hydrogens is 266 g/mol. The van der Waals surface area contributed by atoms with Crippen molar-refractivity contribution >= 4 is 5.78 Å². The fourth-order valence-electron chi connectivity index (χ4n) is 2.87. The number of Topliss-reactive ketones (excluding diaryl/α,β-unsaturated/α-hetero) is 1. The summed E-state index contributed by atoms with van der Waals surface area (Å²) in [6.07, 6.45) is 5.01. The molecule has 4 heteroatoms. The number of nitrogens with zero attached hydrogens (tertiary/aromatic N) is 1. The molecule has 0 saturated carbocycles. The Bertz CT molecular complexity index is 667. The highest BCUT2D eigenvalue weighted by molar-refractivity contribution is 6.03. The van der Waals surface area contributed by atoms with E-state index in [9.17, 15) is 4.79 Å². The molecule has 1 atom stereocenters. The number of hydrogen-bond acceptors (Lipinski definition) is 4. The fourth-order valence-corrected chi connectivity index (χ4v) is 2.87. The van der Waals surface area contributed by atoms with Gasteiger partial charge >= 0.3 is 0 Å². The number of aromatic nitrogens is 1. The van der Waals surface area contributed by atoms with E-state index in [1.165, 1.54) is 0 Å². The van der Waals surface area contributed by atoms with E-state index in [1.54, 1.807) is 26.5 Å². The number of ether oxygens (including phenoxy) is 2. The smallest absolute Gasteiger partial charge is 0.167 e. The van der Waals surface area contributed by atoms with Crippen molar-refractivity contribution in [3.05, 3.63) is 53.3 Å². The van der Waals surface area contributed by atoms with Crippen LogP contribution >= 0.6 is 0 Å². The monoisotopic (exact) mass is 283 g/mol. The lowest BCUT2D eigenvalue weighted by molar-refractivity contribution is 0.0936. The summed E-state index contributed by atoms with van der Waals surface area (Å²) in [7, 11) is 3.19. The van der Waals surface area contributed by atoms with Gasteiger partial charge in [0, 0.05) is 23.9 Å². The van der Waals surface area contributed by atoms with Crippen molar-refractivity contribution < 1.29 is 14.3 Å². The largest absolute Gasteiger partial charge is 0.493 e. The second-order valence-corrected chi connectivity index (χ2v) is 5.20. The van der Waals surface area contributed by atoms with Crippen molar-refractivity contribution in [2.24, 2.45) is 5.92 Å². The summed E-state index contributed by atoms with van der Waals surface area (Å²) >= 11 is 0. The molecule has 0 spiro atoms. The SMILES string of the molecule is COc1cc2c(cc1OC)C(=O)C(Cc1cccnc1)C2. The van der Waals surface area contributed by atoms with Crippen molar-refractivity contribution in [1.82, 2.24) is 4.98 Å². The fraction of sp³-hybridized carbons (Fsp3) is 0.294. The number of carbonyl (C=O) groups is 1. The van der Waals surface area contributed by atoms with Gasteiger partial charge in [-0.05, 0) is 42.2 Å². The molecule has 0 aliphatic heterocycles. The van der Waals surface area contributed by atoms with Crippen molar-refractivity contribution in [1.29, 1.82) is 0 Å². The van der Waals surface area contributed by atoms with Gasteiger partial charge in [0.15, 0.2) is 17.3 Å². The molecule has 1 aliphatic rings. The molecule has 1 unspecified atom stereocenters. The first-order chi connectivity index (χ1) is 10.2. The maximum atomic E-state index is 12.6. The highest BCUT2D eigenvalue weighted by Crippen LogP contribution is 2.37. The van der Waals surface area contributed by atoms with Crippen LogP contribution in [0, 0.1) is 5.92 Å². The Hall–Kier alpha value is -2.36. The van der Waals surface area contributed by atoms with Gasteiger partial charge in [-0.2, -0.15) is 0 Å². The summed E-state index contributed by atoms with van der Waals surface area (Å²) in [4.78, 5) is 16.7. The Labute approximate surface area is 123 Å². The summed E-state index contributed by atoms with van der Waals surface area (Å²) in [6, 6.07) is 7.60. The minimum atomic E-state index is -0.0268. The van der Waals surface area contributed by atoms with E-state index >= 15 is 0 Å². The normalized spacial score (nSPS) is 16.7. The number of ketones is 1. The summed E-state index contributed by atoms with van der Waals surface area (Å²) in [5.74, 6) is 1.42. The second-order valence-electron chi connectivity index (χ2n) is 5.20. The molecule has 1 aromatic heterocycles. The van der Waals surface area contributed by atoms with Gasteiger partial charge in [0.25, 0.3) is 0 Å². The van der Waals surface area contributed by atoms with Crippen molar-refractivity contribution in [3.63, 3.8) is 0 Å². The Kier molecular flexibility index (Phi) is 3.60. The lowest BCUT2D eigenvalue weighted by Gasteiger charge is -2.09. The zero-order chi connectivity index (χ0) is 14.8. The van der Waals surface area contributed by atoms with Gasteiger partial charge in [0.05, 0.1) is 14.2 Å². The van der Waals surface area contributed by atoms with Gasteiger partial charge in [-0.3, -0.25) is 9.78 Å². The molecule has 1 heterocycles. The van der Waals surface area contributed by atoms with Gasteiger partial charge in [-0.25, -0.2) is 0 Å². The van der Waals surface area contributed by atoms with Gasteiger partial charge in [-0.1, -0.05) is 6.07 Å². The molecule has 0 N–H and O–H groups in total. The van der Waals surface area contributed by atoms with Crippen LogP contribution in [0.4, 0.5) is 0 Å². The first-order valence-electron chi connectivity index (χ1n) is 6.91. The minimum absolute atomic E-state index is 0.0268. The number of benzene rings is 1. The summed E-state index contributed by atoms with van der Waals surface area (Å²) in [6.45, 7) is 0. The van der Waals surface area contributed by atoms with Crippen molar-refractivity contribution in [2.75, 3.05) is 14.2 Å². The highest BCUT2D eigenvalue weighted by Gasteiger charge is 2.32. The zero-order valence-corrected chi connectivity index (χ0v) is 12.1. The van der Waals surface area contributed by atoms with E-state index in [4.69, 9.17) is 9.47 Å². The van der Waals surface area contributed by atoms with Crippen LogP contribution in [-0.4, -0.2) is 25.0 Å². The average molecular weight is 283 g/mol. The Morgan fingerprint density at radius 1 is 1.24 bits per heavy atom. The van der Waals surface area contributed by atoms with E-state index < -0.39 is 0 Å². The maximum Gasteiger partial charge on any atom is 0.167 e. The highest BCUT2D eigenvalue weighted by atomic mass is 16.5. The number of hydrogen-bond donors (Lipinski definition) is 0. The molecular formula is C17H17NO3. The molecule has 0 fully saturated rings. The number of rotatable bonds is 4. The Balaban J connectivity index is 1.88. The Morgan fingerprint density at radius 2 is 2.00 bits per heavy atom. The van der Waals surface area contributed by atoms with Crippen LogP contribution < -0.4 is 9.47 Å². The third kappa shape index (κ3) is 2.49. The van der Waals surface area contributed by atoms with Gasteiger partial charge in [0.1, 0.15) is 0 Å². The predicted octanol–water partition coefficient (Wildman–Crippen LogP) is 2.70. The summed E-state index contributed by atoms with van der Waals surface area (Å²) < 4.78 is 10.6. The van der Waals surface area contributed by atoms with Gasteiger partial charge in [0.2, 0.25) is 0 Å². The van der Waals surface area contributed by atoms with Crippen molar-refractivity contribution in [2.45, 2.75) is 12.8 Å². The second kappa shape index (κ2) is 5.56. The van der Waals surface area contributed by atoms with Crippen LogP contribution in [0.2, 0.25) is 0 Å². The lowest BCUT2D eigenvalue weighted by atomic mass is 9.97. The standard InChI is InChI=1S/C17H17NO3/c1-20-15-8-12-7-13(6-11-4-3-5-18-10-11)17(19)14(12)9-16(15)21-2/h3-5,8-10,13H,6-7H2,1-2H3. The quantitative estimate of drug-likeness (QED) is 0.865. The molecule has 3 rings (SSSR count). The predicted molar refractivity (Wildman–Crippen MR) is 79.0 cm³/mol. The number of fused-ring (bicyclic) bond motifs is 1. The molecule has 21 heavy (non-hydrogen) atoms.